The number of pyridine rings is 1. The topological polar surface area (TPSA) is 48.4 Å². The van der Waals surface area contributed by atoms with Crippen LogP contribution in [0, 0.1) is 5.41 Å². The Hall–Kier alpha value is -2.03. The van der Waals surface area contributed by atoms with Crippen LogP contribution >= 0.6 is 0 Å². The summed E-state index contributed by atoms with van der Waals surface area (Å²) in [5, 5.41) is 0.00454. The predicted molar refractivity (Wildman–Crippen MR) is 154 cm³/mol. The number of rotatable bonds is 7. The first-order valence-electron chi connectivity index (χ1n) is 14.4. The van der Waals surface area contributed by atoms with Crippen LogP contribution in [0.2, 0.25) is 18.1 Å². The molecule has 1 heterocycles. The molecule has 8 heteroatoms. The van der Waals surface area contributed by atoms with E-state index in [-0.39, 0.29) is 40.4 Å². The molecule has 2 aliphatic rings. The smallest absolute Gasteiger partial charge is 0.410 e. The van der Waals surface area contributed by atoms with Crippen LogP contribution in [-0.2, 0) is 28.4 Å². The molecule has 0 aliphatic heterocycles. The van der Waals surface area contributed by atoms with Gasteiger partial charge >= 0.3 is 6.18 Å². The van der Waals surface area contributed by atoms with E-state index in [0.717, 1.165) is 67.5 Å². The fraction of sp³-hybridized carbons (Fsp3) is 0.625. The molecule has 0 amide bonds. The summed E-state index contributed by atoms with van der Waals surface area (Å²) in [6, 6.07) is 4.53. The summed E-state index contributed by atoms with van der Waals surface area (Å²) in [7, 11) is -0.612. The van der Waals surface area contributed by atoms with Gasteiger partial charge in [-0.15, -0.1) is 0 Å². The Bertz CT molecular complexity index is 1240. The molecule has 0 spiro atoms. The van der Waals surface area contributed by atoms with Crippen LogP contribution in [0.4, 0.5) is 13.2 Å². The highest BCUT2D eigenvalue weighted by atomic mass is 28.4. The fourth-order valence-corrected chi connectivity index (χ4v) is 7.34. The maximum Gasteiger partial charge on any atom is 0.416 e. The molecule has 1 aromatic heterocycles. The van der Waals surface area contributed by atoms with Gasteiger partial charge in [-0.2, -0.15) is 13.2 Å². The highest BCUT2D eigenvalue weighted by molar-refractivity contribution is 6.74. The van der Waals surface area contributed by atoms with Gasteiger partial charge in [0.1, 0.15) is 0 Å². The minimum absolute atomic E-state index is 0.00454. The number of benzene rings is 1. The van der Waals surface area contributed by atoms with Crippen LogP contribution in [0.15, 0.2) is 24.3 Å². The van der Waals surface area contributed by atoms with Crippen LogP contribution in [0.1, 0.15) is 123 Å². The summed E-state index contributed by atoms with van der Waals surface area (Å²) in [5.41, 5.74) is 3.49. The summed E-state index contributed by atoms with van der Waals surface area (Å²) in [6.07, 6.45) is 1.02. The van der Waals surface area contributed by atoms with Crippen molar-refractivity contribution in [3.63, 3.8) is 0 Å². The van der Waals surface area contributed by atoms with Crippen molar-refractivity contribution in [2.24, 2.45) is 5.41 Å². The molecule has 1 saturated carbocycles. The van der Waals surface area contributed by atoms with Gasteiger partial charge in [0.2, 0.25) is 0 Å². The van der Waals surface area contributed by atoms with Gasteiger partial charge in [0.15, 0.2) is 14.1 Å². The third-order valence-corrected chi connectivity index (χ3v) is 13.6. The number of nitrogens with zero attached hydrogens (tertiary/aromatic N) is 1. The lowest BCUT2D eigenvalue weighted by Gasteiger charge is -2.45. The quantitative estimate of drug-likeness (QED) is 0.244. The minimum Gasteiger partial charge on any atom is -0.410 e. The zero-order valence-corrected chi connectivity index (χ0v) is 26.2. The Morgan fingerprint density at radius 1 is 1.05 bits per heavy atom. The fourth-order valence-electron chi connectivity index (χ4n) is 6.07. The average Bonchev–Trinajstić information content (AvgIpc) is 3.35. The number of aromatic nitrogens is 1. The van der Waals surface area contributed by atoms with E-state index in [1.165, 1.54) is 12.1 Å². The van der Waals surface area contributed by atoms with E-state index >= 15 is 0 Å². The van der Waals surface area contributed by atoms with Crippen LogP contribution < -0.4 is 0 Å². The summed E-state index contributed by atoms with van der Waals surface area (Å²) >= 11 is 0. The monoisotopic (exact) mass is 575 g/mol. The molecule has 0 N–H and O–H groups in total. The number of hydrogen-bond acceptors (Lipinski definition) is 4. The zero-order valence-electron chi connectivity index (χ0n) is 25.2. The van der Waals surface area contributed by atoms with Crippen molar-refractivity contribution < 1.29 is 27.1 Å². The number of hydrogen-bond donors (Lipinski definition) is 0. The van der Waals surface area contributed by atoms with Crippen molar-refractivity contribution in [1.82, 2.24) is 4.98 Å². The molecule has 0 bridgehead atoms. The normalized spacial score (nSPS) is 20.0. The lowest BCUT2D eigenvalue weighted by atomic mass is 9.71. The number of carbonyl (C=O) groups excluding carboxylic acids is 1. The van der Waals surface area contributed by atoms with E-state index in [1.54, 1.807) is 7.11 Å². The third kappa shape index (κ3) is 6.24. The molecular weight excluding hydrogens is 531 g/mol. The van der Waals surface area contributed by atoms with E-state index in [9.17, 15) is 18.0 Å². The second kappa shape index (κ2) is 11.0. The maximum atomic E-state index is 14.2. The van der Waals surface area contributed by atoms with Crippen molar-refractivity contribution in [3.8, 4) is 0 Å². The molecular formula is C32H44F3NO3Si. The second-order valence-electron chi connectivity index (χ2n) is 13.9. The number of methoxy groups -OCH3 is 1. The van der Waals surface area contributed by atoms with Crippen molar-refractivity contribution in [2.45, 2.75) is 116 Å². The molecule has 1 aromatic carbocycles. The molecule has 0 saturated heterocycles. The molecule has 4 nitrogen and oxygen atoms in total. The first kappa shape index (κ1) is 30.9. The van der Waals surface area contributed by atoms with Gasteiger partial charge in [0.05, 0.1) is 29.5 Å². The van der Waals surface area contributed by atoms with Gasteiger partial charge < -0.3 is 9.16 Å². The Kier molecular flexibility index (Phi) is 8.49. The predicted octanol–water partition coefficient (Wildman–Crippen LogP) is 9.17. The summed E-state index contributed by atoms with van der Waals surface area (Å²) < 4.78 is 52.5. The number of carbonyl (C=O) groups is 1. The van der Waals surface area contributed by atoms with Crippen LogP contribution in [0.5, 0.6) is 0 Å². The van der Waals surface area contributed by atoms with Gasteiger partial charge in [-0.25, -0.2) is 0 Å². The van der Waals surface area contributed by atoms with Crippen LogP contribution in [0.3, 0.4) is 0 Å². The largest absolute Gasteiger partial charge is 0.416 e. The van der Waals surface area contributed by atoms with Gasteiger partial charge in [-0.05, 0) is 72.8 Å². The van der Waals surface area contributed by atoms with E-state index in [2.05, 4.69) is 47.7 Å². The standard InChI is InChI=1S/C32H44F3NO3Si/c1-30(2,3)40(7,8)39-25-18-31(4,5)17-23-27(25)26(20-11-9-10-12-20)28(24(36-23)19-38-6)29(37)21-13-15-22(16-14-21)32(33,34)35/h13-16,20,25H,9-12,17-19H2,1-8H3/t25-/m0/s1. The van der Waals surface area contributed by atoms with Gasteiger partial charge in [0.25, 0.3) is 0 Å². The SMILES string of the molecule is COCc1nc2c(c(C3CCCC3)c1C(=O)c1ccc(C(F)(F)F)cc1)[C@@H](O[Si](C)(C)C(C)(C)C)CC(C)(C)C2. The number of fused-ring (bicyclic) bond motifs is 1. The third-order valence-electron chi connectivity index (χ3n) is 9.12. The van der Waals surface area contributed by atoms with E-state index in [0.29, 0.717) is 11.3 Å². The first-order chi connectivity index (χ1) is 18.4. The highest BCUT2D eigenvalue weighted by Crippen LogP contribution is 2.51. The summed E-state index contributed by atoms with van der Waals surface area (Å²) in [6.45, 7) is 15.8. The number of ether oxygens (including phenoxy) is 1. The number of alkyl halides is 3. The van der Waals surface area contributed by atoms with Crippen molar-refractivity contribution in [1.29, 1.82) is 0 Å². The highest BCUT2D eigenvalue weighted by Gasteiger charge is 2.45. The van der Waals surface area contributed by atoms with Gasteiger partial charge in [-0.3, -0.25) is 9.78 Å². The molecule has 2 aromatic rings. The summed E-state index contributed by atoms with van der Waals surface area (Å²) in [4.78, 5) is 19.3. The van der Waals surface area contributed by atoms with Crippen molar-refractivity contribution >= 4 is 14.1 Å². The van der Waals surface area contributed by atoms with Crippen LogP contribution in [-0.4, -0.2) is 26.2 Å². The molecule has 40 heavy (non-hydrogen) atoms. The first-order valence-corrected chi connectivity index (χ1v) is 17.3. The second-order valence-corrected chi connectivity index (χ2v) is 18.7. The Morgan fingerprint density at radius 3 is 2.17 bits per heavy atom. The Labute approximate surface area is 238 Å². The van der Waals surface area contributed by atoms with Gasteiger partial charge in [0, 0.05) is 23.9 Å². The summed E-state index contributed by atoms with van der Waals surface area (Å²) in [5.74, 6) is -0.124. The Balaban J connectivity index is 1.96. The van der Waals surface area contributed by atoms with Crippen molar-refractivity contribution in [3.05, 3.63) is 63.5 Å². The molecule has 1 atom stereocenters. The average molecular weight is 576 g/mol. The number of ketones is 1. The maximum absolute atomic E-state index is 14.2. The van der Waals surface area contributed by atoms with E-state index < -0.39 is 20.1 Å². The van der Waals surface area contributed by atoms with E-state index in [4.69, 9.17) is 14.1 Å². The van der Waals surface area contributed by atoms with Gasteiger partial charge in [-0.1, -0.05) is 59.6 Å². The molecule has 0 radical (unpaired) electrons. The van der Waals surface area contributed by atoms with E-state index in [1.807, 2.05) is 0 Å². The minimum atomic E-state index is -4.47. The lowest BCUT2D eigenvalue weighted by molar-refractivity contribution is -0.137. The molecule has 220 valence electrons. The molecule has 2 aliphatic carbocycles. The molecule has 4 rings (SSSR count). The van der Waals surface area contributed by atoms with Crippen LogP contribution in [0.25, 0.3) is 0 Å². The molecule has 0 unspecified atom stereocenters. The lowest BCUT2D eigenvalue weighted by Crippen LogP contribution is -2.44. The zero-order chi connectivity index (χ0) is 29.7. The Morgan fingerprint density at radius 2 is 1.65 bits per heavy atom. The number of halogens is 3. The van der Waals surface area contributed by atoms with Crippen molar-refractivity contribution in [2.75, 3.05) is 7.11 Å². The molecule has 1 fully saturated rings.